The molecule has 11 heteroatoms. The molecule has 1 aromatic heterocycles. The van der Waals surface area contributed by atoms with E-state index in [1.54, 1.807) is 6.07 Å². The van der Waals surface area contributed by atoms with Crippen molar-refractivity contribution in [1.29, 1.82) is 0 Å². The van der Waals surface area contributed by atoms with Crippen molar-refractivity contribution in [2.45, 2.75) is 12.8 Å². The quantitative estimate of drug-likeness (QED) is 0.311. The zero-order chi connectivity index (χ0) is 19.1. The van der Waals surface area contributed by atoms with Crippen LogP contribution in [0.2, 0.25) is 0 Å². The van der Waals surface area contributed by atoms with Crippen molar-refractivity contribution in [2.24, 2.45) is 0 Å². The number of nitrogens with one attached hydrogen (secondary N) is 2. The van der Waals surface area contributed by atoms with Crippen molar-refractivity contribution < 1.29 is 19.4 Å². The molecule has 148 valence electrons. The molecule has 2 aromatic rings. The van der Waals surface area contributed by atoms with Crippen LogP contribution in [0, 0.1) is 10.1 Å². The Balaban J connectivity index is 1.70. The lowest BCUT2D eigenvalue weighted by Crippen LogP contribution is -2.37. The van der Waals surface area contributed by atoms with Crippen LogP contribution < -0.4 is 10.6 Å². The van der Waals surface area contributed by atoms with Gasteiger partial charge in [0.05, 0.1) is 23.8 Å². The second-order valence-electron chi connectivity index (χ2n) is 6.28. The highest BCUT2D eigenvalue weighted by Gasteiger charge is 2.25. The molecule has 1 aromatic carbocycles. The van der Waals surface area contributed by atoms with Gasteiger partial charge in [-0.15, -0.1) is 0 Å². The molecule has 3 rings (SSSR count). The van der Waals surface area contributed by atoms with Crippen molar-refractivity contribution in [3.05, 3.63) is 16.2 Å². The Morgan fingerprint density at radius 3 is 2.59 bits per heavy atom. The zero-order valence-electron chi connectivity index (χ0n) is 15.0. The number of fused-ring (bicyclic) bond motifs is 1. The first kappa shape index (κ1) is 19.3. The summed E-state index contributed by atoms with van der Waals surface area (Å²) >= 11 is 0. The summed E-state index contributed by atoms with van der Waals surface area (Å²) in [4.78, 5) is 13.3. The van der Waals surface area contributed by atoms with E-state index in [4.69, 9.17) is 14.5 Å². The van der Waals surface area contributed by atoms with E-state index in [1.807, 2.05) is 0 Å². The highest BCUT2D eigenvalue weighted by Crippen LogP contribution is 2.36. The largest absolute Gasteiger partial charge is 0.396 e. The minimum Gasteiger partial charge on any atom is -0.396 e. The third kappa shape index (κ3) is 4.81. The maximum absolute atomic E-state index is 11.5. The molecule has 0 aliphatic carbocycles. The van der Waals surface area contributed by atoms with E-state index < -0.39 is 4.92 Å². The van der Waals surface area contributed by atoms with E-state index in [0.717, 1.165) is 39.3 Å². The monoisotopic (exact) mass is 380 g/mol. The van der Waals surface area contributed by atoms with Gasteiger partial charge in [0.25, 0.3) is 0 Å². The van der Waals surface area contributed by atoms with Crippen LogP contribution in [-0.2, 0) is 4.74 Å². The van der Waals surface area contributed by atoms with Crippen LogP contribution in [-0.4, -0.2) is 77.8 Å². The van der Waals surface area contributed by atoms with Crippen molar-refractivity contribution in [3.8, 4) is 0 Å². The Hall–Kier alpha value is -2.50. The maximum Gasteiger partial charge on any atom is 0.323 e. The molecule has 1 aliphatic rings. The summed E-state index contributed by atoms with van der Waals surface area (Å²) in [6, 6.07) is 1.65. The fourth-order valence-electron chi connectivity index (χ4n) is 3.04. The highest BCUT2D eigenvalue weighted by molar-refractivity contribution is 5.99. The van der Waals surface area contributed by atoms with Gasteiger partial charge in [-0.3, -0.25) is 15.0 Å². The summed E-state index contributed by atoms with van der Waals surface area (Å²) in [5, 5.41) is 34.2. The number of benzene rings is 1. The van der Waals surface area contributed by atoms with Gasteiger partial charge in [0.15, 0.2) is 5.52 Å². The van der Waals surface area contributed by atoms with Crippen molar-refractivity contribution >= 4 is 28.1 Å². The lowest BCUT2D eigenvalue weighted by molar-refractivity contribution is -0.382. The van der Waals surface area contributed by atoms with E-state index in [1.165, 1.54) is 0 Å². The molecule has 2 heterocycles. The number of aromatic nitrogens is 2. The molecule has 1 saturated heterocycles. The number of nitrogens with zero attached hydrogens (tertiary/aromatic N) is 4. The number of hydrogen-bond donors (Lipinski definition) is 3. The Morgan fingerprint density at radius 2 is 1.85 bits per heavy atom. The number of aliphatic hydroxyl groups excluding tert-OH is 1. The number of rotatable bonds is 10. The van der Waals surface area contributed by atoms with E-state index in [0.29, 0.717) is 36.4 Å². The van der Waals surface area contributed by atoms with Gasteiger partial charge in [-0.1, -0.05) is 0 Å². The van der Waals surface area contributed by atoms with Crippen LogP contribution in [0.1, 0.15) is 12.8 Å². The van der Waals surface area contributed by atoms with Crippen molar-refractivity contribution in [1.82, 2.24) is 15.2 Å². The van der Waals surface area contributed by atoms with Gasteiger partial charge >= 0.3 is 5.69 Å². The van der Waals surface area contributed by atoms with Gasteiger partial charge in [0.2, 0.25) is 5.52 Å². The minimum atomic E-state index is -0.504. The predicted molar refractivity (Wildman–Crippen MR) is 99.0 cm³/mol. The van der Waals surface area contributed by atoms with Gasteiger partial charge in [-0.25, -0.2) is 4.63 Å². The van der Waals surface area contributed by atoms with Crippen molar-refractivity contribution in [3.63, 3.8) is 0 Å². The minimum absolute atomic E-state index is 0.00120. The summed E-state index contributed by atoms with van der Waals surface area (Å²) in [5.74, 6) is 0. The molecular weight excluding hydrogens is 356 g/mol. The average molecular weight is 380 g/mol. The fraction of sp³-hybridized carbons (Fsp3) is 0.625. The number of aliphatic hydroxyl groups is 1. The van der Waals surface area contributed by atoms with E-state index in [-0.39, 0.29) is 17.8 Å². The molecule has 1 fully saturated rings. The molecule has 11 nitrogen and oxygen atoms in total. The smallest absolute Gasteiger partial charge is 0.323 e. The van der Waals surface area contributed by atoms with E-state index in [2.05, 4.69) is 25.8 Å². The van der Waals surface area contributed by atoms with Crippen LogP contribution >= 0.6 is 0 Å². The third-order valence-electron chi connectivity index (χ3n) is 4.41. The van der Waals surface area contributed by atoms with Gasteiger partial charge in [-0.2, -0.15) is 0 Å². The van der Waals surface area contributed by atoms with Gasteiger partial charge in [0, 0.05) is 32.8 Å². The third-order valence-corrected chi connectivity index (χ3v) is 4.41. The van der Waals surface area contributed by atoms with Gasteiger partial charge in [0.1, 0.15) is 5.69 Å². The summed E-state index contributed by atoms with van der Waals surface area (Å²) in [6.45, 7) is 5.46. The molecule has 3 N–H and O–H groups in total. The molecule has 0 spiro atoms. The highest BCUT2D eigenvalue weighted by atomic mass is 16.6. The molecule has 0 radical (unpaired) electrons. The van der Waals surface area contributed by atoms with Crippen LogP contribution in [0.15, 0.2) is 10.7 Å². The predicted octanol–water partition coefficient (Wildman–Crippen LogP) is 1.06. The normalized spacial score (nSPS) is 15.1. The molecule has 27 heavy (non-hydrogen) atoms. The second-order valence-corrected chi connectivity index (χ2v) is 6.28. The molecule has 0 saturated carbocycles. The maximum atomic E-state index is 11.5. The number of nitro benzene ring substituents is 1. The van der Waals surface area contributed by atoms with Gasteiger partial charge < -0.3 is 20.5 Å². The Morgan fingerprint density at radius 1 is 1.15 bits per heavy atom. The molecule has 0 unspecified atom stereocenters. The standard InChI is InChI=1S/C16H24N6O5/c23-8-2-4-18-13-11-12(14-15(20-27-19-14)16(13)22(24)25)17-3-1-5-21-6-9-26-10-7-21/h11,17-18,23H,1-10H2. The summed E-state index contributed by atoms with van der Waals surface area (Å²) in [6.07, 6.45) is 1.39. The average Bonchev–Trinajstić information content (AvgIpc) is 3.15. The first-order valence-corrected chi connectivity index (χ1v) is 9.03. The van der Waals surface area contributed by atoms with Crippen LogP contribution in [0.3, 0.4) is 0 Å². The van der Waals surface area contributed by atoms with Crippen molar-refractivity contribution in [2.75, 3.05) is 63.2 Å². The number of hydrogen-bond acceptors (Lipinski definition) is 10. The molecule has 0 atom stereocenters. The Kier molecular flexibility index (Phi) is 6.74. The van der Waals surface area contributed by atoms with Gasteiger partial charge in [-0.05, 0) is 35.8 Å². The van der Waals surface area contributed by atoms with Crippen LogP contribution in [0.5, 0.6) is 0 Å². The molecular formula is C16H24N6O5. The molecule has 0 amide bonds. The second kappa shape index (κ2) is 9.44. The summed E-state index contributed by atoms with van der Waals surface area (Å²) < 4.78 is 10.1. The first-order valence-electron chi connectivity index (χ1n) is 9.03. The number of nitro groups is 1. The number of anilines is 2. The number of morpholine rings is 1. The van der Waals surface area contributed by atoms with Crippen LogP contribution in [0.25, 0.3) is 11.0 Å². The summed E-state index contributed by atoms with van der Waals surface area (Å²) in [5.41, 5.74) is 1.21. The Labute approximate surface area is 155 Å². The van der Waals surface area contributed by atoms with E-state index >= 15 is 0 Å². The lowest BCUT2D eigenvalue weighted by atomic mass is 10.2. The topological polar surface area (TPSA) is 139 Å². The number of ether oxygens (including phenoxy) is 1. The first-order chi connectivity index (χ1) is 13.2. The van der Waals surface area contributed by atoms with E-state index in [9.17, 15) is 10.1 Å². The lowest BCUT2D eigenvalue weighted by Gasteiger charge is -2.26. The summed E-state index contributed by atoms with van der Waals surface area (Å²) in [7, 11) is 0. The van der Waals surface area contributed by atoms with Crippen LogP contribution in [0.4, 0.5) is 17.1 Å². The molecule has 1 aliphatic heterocycles. The fourth-order valence-corrected chi connectivity index (χ4v) is 3.04. The SMILES string of the molecule is O=[N+]([O-])c1c(NCCCO)cc(NCCCN2CCOCC2)c2nonc12. The Bertz CT molecular complexity index is 761. The zero-order valence-corrected chi connectivity index (χ0v) is 15.0. The molecule has 0 bridgehead atoms.